The zero-order valence-corrected chi connectivity index (χ0v) is 25.7. The standard InChI is InChI=1S/C29H24Cl2N2O7S2/c1-38-22-11-15(28(36)37)4-7-21(22)32-25(34)8-9-33-27(35)24(42-29(33)41)13-17-10-16(12-23(39-2)26(17)40-3)19-14-18(30)5-6-20(19)31/h4-7,10-14H,8-9H2,1-3H3,(H,32,34)(H,36,37). The van der Waals surface area contributed by atoms with E-state index in [4.69, 9.17) is 54.7 Å². The van der Waals surface area contributed by atoms with Gasteiger partial charge in [0.15, 0.2) is 11.5 Å². The molecule has 2 N–H and O–H groups in total. The molecule has 0 bridgehead atoms. The lowest BCUT2D eigenvalue weighted by Gasteiger charge is -2.16. The molecule has 1 aliphatic rings. The number of hydrogen-bond acceptors (Lipinski definition) is 8. The maximum atomic E-state index is 13.3. The van der Waals surface area contributed by atoms with Gasteiger partial charge in [-0.2, -0.15) is 0 Å². The number of nitrogens with one attached hydrogen (secondary N) is 1. The number of rotatable bonds is 10. The van der Waals surface area contributed by atoms with Crippen molar-refractivity contribution in [2.75, 3.05) is 33.2 Å². The first-order valence-electron chi connectivity index (χ1n) is 12.2. The number of thioether (sulfide) groups is 1. The number of benzene rings is 3. The van der Waals surface area contributed by atoms with Gasteiger partial charge in [-0.3, -0.25) is 14.5 Å². The Hall–Kier alpha value is -3.77. The molecule has 0 radical (unpaired) electrons. The van der Waals surface area contributed by atoms with Crippen molar-refractivity contribution in [2.24, 2.45) is 0 Å². The molecule has 0 aliphatic carbocycles. The number of carboxylic acids is 1. The Morgan fingerprint density at radius 1 is 1.02 bits per heavy atom. The maximum absolute atomic E-state index is 13.3. The minimum absolute atomic E-state index is 0.0182. The molecule has 1 fully saturated rings. The third kappa shape index (κ3) is 6.81. The van der Waals surface area contributed by atoms with Crippen LogP contribution in [-0.4, -0.2) is 60.0 Å². The van der Waals surface area contributed by atoms with Gasteiger partial charge in [0, 0.05) is 34.1 Å². The molecule has 0 unspecified atom stereocenters. The molecule has 218 valence electrons. The van der Waals surface area contributed by atoms with E-state index in [1.54, 1.807) is 30.3 Å². The predicted octanol–water partition coefficient (Wildman–Crippen LogP) is 6.61. The van der Waals surface area contributed by atoms with E-state index in [1.807, 2.05) is 6.07 Å². The lowest BCUT2D eigenvalue weighted by Crippen LogP contribution is -2.31. The number of carbonyl (C=O) groups is 3. The van der Waals surface area contributed by atoms with E-state index in [0.29, 0.717) is 53.1 Å². The van der Waals surface area contributed by atoms with Crippen LogP contribution in [0.25, 0.3) is 17.2 Å². The molecule has 0 saturated carbocycles. The van der Waals surface area contributed by atoms with Gasteiger partial charge in [0.25, 0.3) is 5.91 Å². The molecular weight excluding hydrogens is 623 g/mol. The number of nitrogens with zero attached hydrogens (tertiary/aromatic N) is 1. The van der Waals surface area contributed by atoms with Crippen molar-refractivity contribution < 1.29 is 33.7 Å². The third-order valence-electron chi connectivity index (χ3n) is 6.19. The Bertz CT molecular complexity index is 1630. The van der Waals surface area contributed by atoms with Crippen LogP contribution in [0.3, 0.4) is 0 Å². The van der Waals surface area contributed by atoms with Crippen molar-refractivity contribution in [3.8, 4) is 28.4 Å². The molecule has 42 heavy (non-hydrogen) atoms. The number of methoxy groups -OCH3 is 3. The maximum Gasteiger partial charge on any atom is 0.335 e. The first-order valence-corrected chi connectivity index (χ1v) is 14.2. The van der Waals surface area contributed by atoms with Crippen LogP contribution in [0, 0.1) is 0 Å². The van der Waals surface area contributed by atoms with Crippen LogP contribution in [0.15, 0.2) is 53.4 Å². The van der Waals surface area contributed by atoms with E-state index >= 15 is 0 Å². The van der Waals surface area contributed by atoms with Gasteiger partial charge in [-0.05, 0) is 60.2 Å². The number of carbonyl (C=O) groups excluding carboxylic acids is 2. The summed E-state index contributed by atoms with van der Waals surface area (Å²) in [6.07, 6.45) is 1.58. The van der Waals surface area contributed by atoms with Gasteiger partial charge < -0.3 is 24.6 Å². The summed E-state index contributed by atoms with van der Waals surface area (Å²) in [5.41, 5.74) is 2.25. The monoisotopic (exact) mass is 646 g/mol. The van der Waals surface area contributed by atoms with E-state index in [2.05, 4.69) is 5.32 Å². The lowest BCUT2D eigenvalue weighted by atomic mass is 10.0. The van der Waals surface area contributed by atoms with E-state index in [9.17, 15) is 14.4 Å². The fraction of sp³-hybridized carbons (Fsp3) is 0.172. The minimum Gasteiger partial charge on any atom is -0.495 e. The molecule has 0 aromatic heterocycles. The van der Waals surface area contributed by atoms with Crippen LogP contribution in [-0.2, 0) is 9.59 Å². The average Bonchev–Trinajstić information content (AvgIpc) is 3.23. The Morgan fingerprint density at radius 2 is 1.76 bits per heavy atom. The molecule has 3 aromatic carbocycles. The fourth-order valence-corrected chi connectivity index (χ4v) is 5.86. The number of carboxylic acid groups (broad SMARTS) is 1. The summed E-state index contributed by atoms with van der Waals surface area (Å²) < 4.78 is 16.6. The highest BCUT2D eigenvalue weighted by atomic mass is 35.5. The number of ether oxygens (including phenoxy) is 3. The Labute approximate surface area is 261 Å². The van der Waals surface area contributed by atoms with Crippen molar-refractivity contribution in [3.63, 3.8) is 0 Å². The van der Waals surface area contributed by atoms with Crippen LogP contribution in [0.4, 0.5) is 5.69 Å². The Kier molecular flexibility index (Phi) is 10.00. The topological polar surface area (TPSA) is 114 Å². The van der Waals surface area contributed by atoms with Gasteiger partial charge >= 0.3 is 5.97 Å². The molecule has 4 rings (SSSR count). The second-order valence-corrected chi connectivity index (χ2v) is 11.3. The lowest BCUT2D eigenvalue weighted by molar-refractivity contribution is -0.122. The second-order valence-electron chi connectivity index (χ2n) is 8.78. The van der Waals surface area contributed by atoms with Crippen LogP contribution >= 0.6 is 47.2 Å². The minimum atomic E-state index is -1.12. The molecule has 0 atom stereocenters. The number of hydrogen-bond donors (Lipinski definition) is 2. The summed E-state index contributed by atoms with van der Waals surface area (Å²) in [4.78, 5) is 38.9. The normalized spacial score (nSPS) is 13.8. The molecule has 0 spiro atoms. The number of anilines is 1. The van der Waals surface area contributed by atoms with Gasteiger partial charge in [0.2, 0.25) is 5.91 Å². The molecule has 1 saturated heterocycles. The van der Waals surface area contributed by atoms with Crippen molar-refractivity contribution in [1.29, 1.82) is 0 Å². The molecule has 1 aliphatic heterocycles. The number of aromatic carboxylic acids is 1. The SMILES string of the molecule is COc1cc(C(=O)O)ccc1NC(=O)CCN1C(=O)C(=Cc2cc(-c3cc(Cl)ccc3Cl)cc(OC)c2OC)SC1=S. The third-order valence-corrected chi connectivity index (χ3v) is 8.13. The van der Waals surface area contributed by atoms with E-state index in [1.165, 1.54) is 44.4 Å². The van der Waals surface area contributed by atoms with Gasteiger partial charge in [0.05, 0.1) is 37.5 Å². The molecule has 2 amide bonds. The fourth-order valence-electron chi connectivity index (χ4n) is 4.16. The van der Waals surface area contributed by atoms with Crippen LogP contribution in [0.1, 0.15) is 22.3 Å². The summed E-state index contributed by atoms with van der Waals surface area (Å²) in [5, 5.41) is 12.8. The van der Waals surface area contributed by atoms with Gasteiger partial charge in [-0.15, -0.1) is 0 Å². The second kappa shape index (κ2) is 13.5. The highest BCUT2D eigenvalue weighted by Gasteiger charge is 2.32. The zero-order valence-electron chi connectivity index (χ0n) is 22.5. The first kappa shape index (κ1) is 31.2. The Balaban J connectivity index is 1.54. The predicted molar refractivity (Wildman–Crippen MR) is 168 cm³/mol. The summed E-state index contributed by atoms with van der Waals surface area (Å²) in [7, 11) is 4.37. The largest absolute Gasteiger partial charge is 0.495 e. The highest BCUT2D eigenvalue weighted by Crippen LogP contribution is 2.42. The highest BCUT2D eigenvalue weighted by molar-refractivity contribution is 8.26. The summed E-state index contributed by atoms with van der Waals surface area (Å²) >= 11 is 19.2. The van der Waals surface area contributed by atoms with E-state index in [-0.39, 0.29) is 30.2 Å². The first-order chi connectivity index (χ1) is 20.1. The summed E-state index contributed by atoms with van der Waals surface area (Å²) in [5.74, 6) is -0.865. The van der Waals surface area contributed by atoms with E-state index < -0.39 is 11.9 Å². The van der Waals surface area contributed by atoms with Gasteiger partial charge in [0.1, 0.15) is 10.1 Å². The smallest absolute Gasteiger partial charge is 0.335 e. The average molecular weight is 648 g/mol. The van der Waals surface area contributed by atoms with Crippen molar-refractivity contribution in [2.45, 2.75) is 6.42 Å². The van der Waals surface area contributed by atoms with Gasteiger partial charge in [-0.1, -0.05) is 47.2 Å². The molecular formula is C29H24Cl2N2O7S2. The number of halogens is 2. The molecule has 9 nitrogen and oxygen atoms in total. The summed E-state index contributed by atoms with van der Waals surface area (Å²) in [6, 6.07) is 12.8. The Morgan fingerprint density at radius 3 is 2.43 bits per heavy atom. The molecule has 1 heterocycles. The zero-order chi connectivity index (χ0) is 30.6. The quantitative estimate of drug-likeness (QED) is 0.185. The van der Waals surface area contributed by atoms with Crippen molar-refractivity contribution in [3.05, 3.63) is 74.6 Å². The van der Waals surface area contributed by atoms with Crippen LogP contribution < -0.4 is 19.5 Å². The van der Waals surface area contributed by atoms with Crippen molar-refractivity contribution >= 4 is 81.0 Å². The van der Waals surface area contributed by atoms with Crippen molar-refractivity contribution in [1.82, 2.24) is 4.90 Å². The summed E-state index contributed by atoms with van der Waals surface area (Å²) in [6.45, 7) is 0.0297. The molecule has 13 heteroatoms. The van der Waals surface area contributed by atoms with Gasteiger partial charge in [-0.25, -0.2) is 4.79 Å². The number of thiocarbonyl (C=S) groups is 1. The van der Waals surface area contributed by atoms with Crippen LogP contribution in [0.2, 0.25) is 10.0 Å². The van der Waals surface area contributed by atoms with E-state index in [0.717, 1.165) is 11.8 Å². The number of amides is 2. The van der Waals surface area contributed by atoms with Crippen LogP contribution in [0.5, 0.6) is 17.2 Å². The molecule has 3 aromatic rings.